The van der Waals surface area contributed by atoms with Crippen LogP contribution in [0.15, 0.2) is 74.9 Å². The maximum atomic E-state index is 13.5. The van der Waals surface area contributed by atoms with Gasteiger partial charge in [0.2, 0.25) is 0 Å². The largest absolute Gasteiger partial charge is 0.274 e. The zero-order valence-corrected chi connectivity index (χ0v) is 15.2. The van der Waals surface area contributed by atoms with E-state index in [0.29, 0.717) is 5.02 Å². The van der Waals surface area contributed by atoms with Crippen molar-refractivity contribution in [2.75, 3.05) is 0 Å². The molecule has 1 aromatic heterocycles. The van der Waals surface area contributed by atoms with Gasteiger partial charge in [-0.25, -0.2) is 9.82 Å². The maximum Gasteiger partial charge on any atom is 0.274 e. The summed E-state index contributed by atoms with van der Waals surface area (Å²) in [6.45, 7) is 0. The van der Waals surface area contributed by atoms with Crippen LogP contribution in [0.3, 0.4) is 0 Å². The van der Waals surface area contributed by atoms with Crippen molar-refractivity contribution in [1.29, 1.82) is 0 Å². The van der Waals surface area contributed by atoms with E-state index in [9.17, 15) is 9.18 Å². The van der Waals surface area contributed by atoms with E-state index in [0.717, 1.165) is 14.0 Å². The Morgan fingerprint density at radius 1 is 1.12 bits per heavy atom. The van der Waals surface area contributed by atoms with E-state index in [2.05, 4.69) is 10.5 Å². The van der Waals surface area contributed by atoms with E-state index in [1.165, 1.54) is 35.8 Å². The number of nitrogens with zero attached hydrogens (tertiary/aromatic N) is 1. The molecule has 25 heavy (non-hydrogen) atoms. The second-order valence-electron chi connectivity index (χ2n) is 4.89. The van der Waals surface area contributed by atoms with E-state index >= 15 is 0 Å². The molecule has 3 rings (SSSR count). The van der Waals surface area contributed by atoms with Gasteiger partial charge >= 0.3 is 0 Å². The monoisotopic (exact) mass is 390 g/mol. The first-order valence-electron chi connectivity index (χ1n) is 7.23. The number of benzene rings is 2. The topological polar surface area (TPSA) is 41.5 Å². The maximum absolute atomic E-state index is 13.5. The van der Waals surface area contributed by atoms with Crippen LogP contribution in [0.1, 0.15) is 15.2 Å². The summed E-state index contributed by atoms with van der Waals surface area (Å²) in [7, 11) is 0. The van der Waals surface area contributed by atoms with Gasteiger partial charge in [0.05, 0.1) is 16.0 Å². The molecule has 0 aliphatic rings. The quantitative estimate of drug-likeness (QED) is 0.464. The Morgan fingerprint density at radius 3 is 2.64 bits per heavy atom. The van der Waals surface area contributed by atoms with Crippen LogP contribution in [0.4, 0.5) is 4.39 Å². The van der Waals surface area contributed by atoms with Crippen molar-refractivity contribution < 1.29 is 9.18 Å². The standard InChI is InChI=1S/C18H12ClFN2OS2/c19-12-5-7-13(8-6-12)24-17-10-9-14(25-17)11-21-22-18(23)15-3-1-2-4-16(15)20/h1-11H,(H,22,23)/b21-11-. The van der Waals surface area contributed by atoms with Crippen LogP contribution in [0, 0.1) is 5.82 Å². The van der Waals surface area contributed by atoms with Gasteiger partial charge in [-0.1, -0.05) is 35.5 Å². The van der Waals surface area contributed by atoms with Crippen molar-refractivity contribution in [3.05, 3.63) is 81.9 Å². The minimum Gasteiger partial charge on any atom is -0.267 e. The Morgan fingerprint density at radius 2 is 1.88 bits per heavy atom. The Labute approximate surface area is 157 Å². The second kappa shape index (κ2) is 8.29. The molecular weight excluding hydrogens is 379 g/mol. The van der Waals surface area contributed by atoms with Gasteiger partial charge in [0, 0.05) is 14.8 Å². The summed E-state index contributed by atoms with van der Waals surface area (Å²) in [5.74, 6) is -1.16. The summed E-state index contributed by atoms with van der Waals surface area (Å²) >= 11 is 9.03. The van der Waals surface area contributed by atoms with Gasteiger partial charge in [0.1, 0.15) is 5.82 Å². The van der Waals surface area contributed by atoms with Gasteiger partial charge in [0.25, 0.3) is 5.91 Å². The fourth-order valence-electron chi connectivity index (χ4n) is 1.94. The molecular formula is C18H12ClFN2OS2. The Kier molecular flexibility index (Phi) is 5.86. The van der Waals surface area contributed by atoms with Crippen molar-refractivity contribution in [2.45, 2.75) is 9.10 Å². The van der Waals surface area contributed by atoms with Gasteiger partial charge in [-0.3, -0.25) is 4.79 Å². The van der Waals surface area contributed by atoms with Crippen molar-refractivity contribution in [2.24, 2.45) is 5.10 Å². The van der Waals surface area contributed by atoms with Crippen LogP contribution in [0.2, 0.25) is 5.02 Å². The van der Waals surface area contributed by atoms with Crippen LogP contribution < -0.4 is 5.43 Å². The SMILES string of the molecule is O=C(N/N=C\c1ccc(Sc2ccc(Cl)cc2)s1)c1ccccc1F. The first kappa shape index (κ1) is 17.7. The Bertz CT molecular complexity index is 909. The molecule has 0 saturated heterocycles. The first-order chi connectivity index (χ1) is 12.1. The Balaban J connectivity index is 1.59. The molecule has 1 N–H and O–H groups in total. The van der Waals surface area contributed by atoms with Crippen LogP contribution in [-0.4, -0.2) is 12.1 Å². The molecule has 0 aliphatic heterocycles. The molecule has 0 unspecified atom stereocenters. The number of hydrazone groups is 1. The normalized spacial score (nSPS) is 11.0. The third kappa shape index (κ3) is 4.92. The van der Waals surface area contributed by atoms with Crippen molar-refractivity contribution in [3.8, 4) is 0 Å². The molecule has 7 heteroatoms. The number of nitrogens with one attached hydrogen (secondary N) is 1. The summed E-state index contributed by atoms with van der Waals surface area (Å²) < 4.78 is 14.6. The van der Waals surface area contributed by atoms with Crippen molar-refractivity contribution >= 4 is 46.8 Å². The third-order valence-corrected chi connectivity index (χ3v) is 5.52. The van der Waals surface area contributed by atoms with Crippen molar-refractivity contribution in [3.63, 3.8) is 0 Å². The van der Waals surface area contributed by atoms with E-state index in [4.69, 9.17) is 11.6 Å². The van der Waals surface area contributed by atoms with E-state index < -0.39 is 11.7 Å². The lowest BCUT2D eigenvalue weighted by atomic mass is 10.2. The van der Waals surface area contributed by atoms with Gasteiger partial charge in [-0.2, -0.15) is 5.10 Å². The van der Waals surface area contributed by atoms with Crippen LogP contribution in [0.25, 0.3) is 0 Å². The lowest BCUT2D eigenvalue weighted by Crippen LogP contribution is -2.18. The van der Waals surface area contributed by atoms with Crippen LogP contribution in [0.5, 0.6) is 0 Å². The minimum atomic E-state index is -0.582. The Hall–Kier alpha value is -2.15. The van der Waals surface area contributed by atoms with E-state index in [1.54, 1.807) is 17.8 Å². The highest BCUT2D eigenvalue weighted by atomic mass is 35.5. The molecule has 0 radical (unpaired) electrons. The molecule has 0 saturated carbocycles. The zero-order valence-electron chi connectivity index (χ0n) is 12.8. The minimum absolute atomic E-state index is 0.0372. The molecule has 3 aromatic rings. The van der Waals surface area contributed by atoms with Crippen LogP contribution >= 0.6 is 34.7 Å². The first-order valence-corrected chi connectivity index (χ1v) is 9.24. The number of halogens is 2. The molecule has 2 aromatic carbocycles. The van der Waals surface area contributed by atoms with Crippen molar-refractivity contribution in [1.82, 2.24) is 5.43 Å². The highest BCUT2D eigenvalue weighted by molar-refractivity contribution is 8.01. The summed E-state index contributed by atoms with van der Waals surface area (Å²) in [4.78, 5) is 13.8. The lowest BCUT2D eigenvalue weighted by Gasteiger charge is -2.00. The molecule has 3 nitrogen and oxygen atoms in total. The summed E-state index contributed by atoms with van der Waals surface area (Å²) in [6, 6.07) is 17.2. The van der Waals surface area contributed by atoms with E-state index in [1.807, 2.05) is 36.4 Å². The number of thiophene rings is 1. The number of hydrogen-bond donors (Lipinski definition) is 1. The number of carbonyl (C=O) groups excluding carboxylic acids is 1. The van der Waals surface area contributed by atoms with Gasteiger partial charge < -0.3 is 0 Å². The number of amides is 1. The zero-order chi connectivity index (χ0) is 17.6. The molecule has 0 atom stereocenters. The predicted molar refractivity (Wildman–Crippen MR) is 101 cm³/mol. The predicted octanol–water partition coefficient (Wildman–Crippen LogP) is 5.46. The molecule has 0 fully saturated rings. The summed E-state index contributed by atoms with van der Waals surface area (Å²) in [5, 5.41) is 4.59. The second-order valence-corrected chi connectivity index (χ2v) is 7.82. The number of rotatable bonds is 5. The molecule has 0 bridgehead atoms. The highest BCUT2D eigenvalue weighted by Crippen LogP contribution is 2.33. The molecule has 0 aliphatic carbocycles. The van der Waals surface area contributed by atoms with Crippen LogP contribution in [-0.2, 0) is 0 Å². The van der Waals surface area contributed by atoms with E-state index in [-0.39, 0.29) is 5.56 Å². The average molecular weight is 391 g/mol. The third-order valence-electron chi connectivity index (χ3n) is 3.11. The molecule has 126 valence electrons. The average Bonchev–Trinajstić information content (AvgIpc) is 3.04. The van der Waals surface area contributed by atoms with Gasteiger partial charge in [-0.15, -0.1) is 11.3 Å². The summed E-state index contributed by atoms with van der Waals surface area (Å²) in [5.41, 5.74) is 2.29. The molecule has 1 amide bonds. The fraction of sp³-hybridized carbons (Fsp3) is 0. The molecule has 1 heterocycles. The lowest BCUT2D eigenvalue weighted by molar-refractivity contribution is 0.0951. The van der Waals surface area contributed by atoms with Gasteiger partial charge in [0.15, 0.2) is 0 Å². The smallest absolute Gasteiger partial charge is 0.267 e. The summed E-state index contributed by atoms with van der Waals surface area (Å²) in [6.07, 6.45) is 1.54. The molecule has 0 spiro atoms. The number of hydrogen-bond acceptors (Lipinski definition) is 4. The fourth-order valence-corrected chi connectivity index (χ4v) is 4.06. The van der Waals surface area contributed by atoms with Gasteiger partial charge in [-0.05, 0) is 48.5 Å². The highest BCUT2D eigenvalue weighted by Gasteiger charge is 2.09. The number of carbonyl (C=O) groups is 1.